The highest BCUT2D eigenvalue weighted by atomic mass is 19.1. The first-order valence-electron chi connectivity index (χ1n) is 5.96. The molecule has 0 fully saturated rings. The second-order valence-corrected chi connectivity index (χ2v) is 4.95. The van der Waals surface area contributed by atoms with Crippen molar-refractivity contribution in [2.75, 3.05) is 5.32 Å². The molecule has 0 saturated carbocycles. The molecule has 0 atom stereocenters. The quantitative estimate of drug-likeness (QED) is 0.778. The van der Waals surface area contributed by atoms with Crippen LogP contribution in [-0.4, -0.2) is 22.6 Å². The second kappa shape index (κ2) is 6.31. The molecule has 5 nitrogen and oxygen atoms in total. The molecule has 3 N–H and O–H groups in total. The lowest BCUT2D eigenvalue weighted by Gasteiger charge is -2.25. The summed E-state index contributed by atoms with van der Waals surface area (Å²) in [4.78, 5) is 22.2. The molecule has 0 aromatic heterocycles. The highest BCUT2D eigenvalue weighted by Crippen LogP contribution is 2.18. The smallest absolute Gasteiger partial charge is 0.319 e. The summed E-state index contributed by atoms with van der Waals surface area (Å²) in [7, 11) is 0. The van der Waals surface area contributed by atoms with Crippen LogP contribution >= 0.6 is 0 Å². The Labute approximate surface area is 115 Å². The number of carbonyl (C=O) groups excluding carboxylic acids is 1. The number of urea groups is 1. The van der Waals surface area contributed by atoms with Gasteiger partial charge in [-0.05, 0) is 32.4 Å². The SMILES string of the molecule is CC(C)(CCC(=O)O)NC(=O)Nc1c(F)cccc1F. The molecule has 0 radical (unpaired) electrons. The molecule has 0 unspecified atom stereocenters. The van der Waals surface area contributed by atoms with Crippen molar-refractivity contribution in [3.05, 3.63) is 29.8 Å². The number of hydrogen-bond donors (Lipinski definition) is 3. The topological polar surface area (TPSA) is 78.4 Å². The molecule has 0 aliphatic carbocycles. The van der Waals surface area contributed by atoms with Crippen LogP contribution in [0.15, 0.2) is 18.2 Å². The van der Waals surface area contributed by atoms with Gasteiger partial charge >= 0.3 is 12.0 Å². The average Bonchev–Trinajstić information content (AvgIpc) is 2.31. The molecule has 0 spiro atoms. The van der Waals surface area contributed by atoms with Gasteiger partial charge in [-0.1, -0.05) is 6.07 Å². The third kappa shape index (κ3) is 4.83. The van der Waals surface area contributed by atoms with Crippen molar-refractivity contribution in [2.24, 2.45) is 0 Å². The number of amides is 2. The Hall–Kier alpha value is -2.18. The van der Waals surface area contributed by atoms with Gasteiger partial charge < -0.3 is 15.7 Å². The number of carboxylic acid groups (broad SMARTS) is 1. The van der Waals surface area contributed by atoms with Gasteiger partial charge in [0.15, 0.2) is 0 Å². The molecule has 110 valence electrons. The third-order valence-electron chi connectivity index (χ3n) is 2.62. The van der Waals surface area contributed by atoms with Crippen LogP contribution in [0, 0.1) is 11.6 Å². The summed E-state index contributed by atoms with van der Waals surface area (Å²) in [6.45, 7) is 3.24. The first kappa shape index (κ1) is 15.9. The highest BCUT2D eigenvalue weighted by Gasteiger charge is 2.22. The van der Waals surface area contributed by atoms with Crippen molar-refractivity contribution in [1.82, 2.24) is 5.32 Å². The van der Waals surface area contributed by atoms with Crippen LogP contribution in [0.25, 0.3) is 0 Å². The van der Waals surface area contributed by atoms with Gasteiger partial charge in [0, 0.05) is 12.0 Å². The normalized spacial score (nSPS) is 11.0. The first-order chi connectivity index (χ1) is 9.21. The zero-order chi connectivity index (χ0) is 15.3. The summed E-state index contributed by atoms with van der Waals surface area (Å²) < 4.78 is 26.7. The van der Waals surface area contributed by atoms with Crippen molar-refractivity contribution in [3.8, 4) is 0 Å². The minimum Gasteiger partial charge on any atom is -0.481 e. The maximum Gasteiger partial charge on any atom is 0.319 e. The van der Waals surface area contributed by atoms with Gasteiger partial charge in [0.25, 0.3) is 0 Å². The lowest BCUT2D eigenvalue weighted by Crippen LogP contribution is -2.46. The van der Waals surface area contributed by atoms with Crippen molar-refractivity contribution in [3.63, 3.8) is 0 Å². The van der Waals surface area contributed by atoms with Crippen LogP contribution in [-0.2, 0) is 4.79 Å². The molecule has 1 aromatic rings. The van der Waals surface area contributed by atoms with E-state index in [4.69, 9.17) is 5.11 Å². The number of halogens is 2. The Morgan fingerprint density at radius 1 is 1.25 bits per heavy atom. The Morgan fingerprint density at radius 3 is 2.30 bits per heavy atom. The van der Waals surface area contributed by atoms with Crippen molar-refractivity contribution < 1.29 is 23.5 Å². The average molecular weight is 286 g/mol. The lowest BCUT2D eigenvalue weighted by atomic mass is 9.99. The zero-order valence-corrected chi connectivity index (χ0v) is 11.2. The molecular weight excluding hydrogens is 270 g/mol. The summed E-state index contributed by atoms with van der Waals surface area (Å²) >= 11 is 0. The zero-order valence-electron chi connectivity index (χ0n) is 11.2. The van der Waals surface area contributed by atoms with E-state index in [1.807, 2.05) is 0 Å². The molecule has 0 aliphatic heterocycles. The van der Waals surface area contributed by atoms with Crippen LogP contribution < -0.4 is 10.6 Å². The predicted molar refractivity (Wildman–Crippen MR) is 69.5 cm³/mol. The Morgan fingerprint density at radius 2 is 1.80 bits per heavy atom. The van der Waals surface area contributed by atoms with Gasteiger partial charge in [0.1, 0.15) is 17.3 Å². The first-order valence-corrected chi connectivity index (χ1v) is 5.96. The van der Waals surface area contributed by atoms with E-state index in [9.17, 15) is 18.4 Å². The minimum absolute atomic E-state index is 0.124. The minimum atomic E-state index is -0.986. The fourth-order valence-electron chi connectivity index (χ4n) is 1.55. The fourth-order valence-corrected chi connectivity index (χ4v) is 1.55. The fraction of sp³-hybridized carbons (Fsp3) is 0.385. The van der Waals surface area contributed by atoms with Gasteiger partial charge in [-0.2, -0.15) is 0 Å². The molecule has 7 heteroatoms. The van der Waals surface area contributed by atoms with Crippen LogP contribution in [0.1, 0.15) is 26.7 Å². The van der Waals surface area contributed by atoms with Gasteiger partial charge in [0.2, 0.25) is 0 Å². The van der Waals surface area contributed by atoms with Crippen molar-refractivity contribution >= 4 is 17.7 Å². The van der Waals surface area contributed by atoms with Gasteiger partial charge in [-0.3, -0.25) is 4.79 Å². The third-order valence-corrected chi connectivity index (χ3v) is 2.62. The van der Waals surface area contributed by atoms with Gasteiger partial charge in [0.05, 0.1) is 0 Å². The predicted octanol–water partition coefficient (Wildman–Crippen LogP) is 2.73. The van der Waals surface area contributed by atoms with E-state index in [2.05, 4.69) is 10.6 Å². The number of carboxylic acids is 1. The van der Waals surface area contributed by atoms with E-state index in [0.29, 0.717) is 0 Å². The molecule has 0 heterocycles. The summed E-state index contributed by atoms with van der Waals surface area (Å²) in [6, 6.07) is 2.43. The van der Waals surface area contributed by atoms with Crippen LogP contribution in [0.4, 0.5) is 19.3 Å². The molecular formula is C13H16F2N2O3. The van der Waals surface area contributed by atoms with Crippen molar-refractivity contribution in [2.45, 2.75) is 32.2 Å². The Balaban J connectivity index is 2.65. The highest BCUT2D eigenvalue weighted by molar-refractivity contribution is 5.90. The van der Waals surface area contributed by atoms with Crippen LogP contribution in [0.5, 0.6) is 0 Å². The maximum absolute atomic E-state index is 13.3. The van der Waals surface area contributed by atoms with Gasteiger partial charge in [-0.25, -0.2) is 13.6 Å². The summed E-state index contributed by atoms with van der Waals surface area (Å²) in [6.07, 6.45) is 0.0663. The van der Waals surface area contributed by atoms with E-state index in [1.54, 1.807) is 13.8 Å². The van der Waals surface area contributed by atoms with E-state index in [-0.39, 0.29) is 12.8 Å². The van der Waals surface area contributed by atoms with Crippen LogP contribution in [0.3, 0.4) is 0 Å². The lowest BCUT2D eigenvalue weighted by molar-refractivity contribution is -0.137. The number of para-hydroxylation sites is 1. The Bertz CT molecular complexity index is 498. The molecule has 0 aliphatic rings. The maximum atomic E-state index is 13.3. The summed E-state index contributed by atoms with van der Waals surface area (Å²) in [5.74, 6) is -2.76. The van der Waals surface area contributed by atoms with E-state index in [0.717, 1.165) is 12.1 Å². The number of anilines is 1. The van der Waals surface area contributed by atoms with E-state index >= 15 is 0 Å². The number of carbonyl (C=O) groups is 2. The molecule has 20 heavy (non-hydrogen) atoms. The molecule has 1 aromatic carbocycles. The number of nitrogens with one attached hydrogen (secondary N) is 2. The Kier molecular flexibility index (Phi) is 5.01. The summed E-state index contributed by atoms with van der Waals surface area (Å²) in [5, 5.41) is 13.1. The van der Waals surface area contributed by atoms with Crippen LogP contribution in [0.2, 0.25) is 0 Å². The number of aliphatic carboxylic acids is 1. The number of hydrogen-bond acceptors (Lipinski definition) is 2. The number of benzene rings is 1. The standard InChI is InChI=1S/C13H16F2N2O3/c1-13(2,7-6-10(18)19)17-12(20)16-11-8(14)4-3-5-9(11)15/h3-5H,6-7H2,1-2H3,(H,18,19)(H2,16,17,20). The number of rotatable bonds is 5. The summed E-state index contributed by atoms with van der Waals surface area (Å²) in [5.41, 5.74) is -1.36. The molecule has 0 saturated heterocycles. The molecule has 1 rings (SSSR count). The molecule has 0 bridgehead atoms. The van der Waals surface area contributed by atoms with E-state index < -0.39 is 34.9 Å². The van der Waals surface area contributed by atoms with E-state index in [1.165, 1.54) is 6.07 Å². The van der Waals surface area contributed by atoms with Crippen molar-refractivity contribution in [1.29, 1.82) is 0 Å². The second-order valence-electron chi connectivity index (χ2n) is 4.95. The van der Waals surface area contributed by atoms with Gasteiger partial charge in [-0.15, -0.1) is 0 Å². The largest absolute Gasteiger partial charge is 0.481 e. The monoisotopic (exact) mass is 286 g/mol. The molecule has 2 amide bonds.